The molecule has 2 aromatic carbocycles. The summed E-state index contributed by atoms with van der Waals surface area (Å²) in [5, 5.41) is 10.1. The van der Waals surface area contributed by atoms with Crippen molar-refractivity contribution in [2.45, 2.75) is 19.8 Å². The molecule has 0 bridgehead atoms. The quantitative estimate of drug-likeness (QED) is 0.667. The van der Waals surface area contributed by atoms with Gasteiger partial charge in [0.15, 0.2) is 16.8 Å². The molecule has 0 atom stereocenters. The smallest absolute Gasteiger partial charge is 0.273 e. The monoisotopic (exact) mass is 426 g/mol. The highest BCUT2D eigenvalue weighted by Gasteiger charge is 2.26. The van der Waals surface area contributed by atoms with Crippen molar-refractivity contribution in [2.24, 2.45) is 5.10 Å². The van der Waals surface area contributed by atoms with E-state index < -0.39 is 17.5 Å². The molecule has 1 aromatic heterocycles. The molecule has 0 aliphatic carbocycles. The van der Waals surface area contributed by atoms with Gasteiger partial charge in [-0.3, -0.25) is 14.9 Å². The van der Waals surface area contributed by atoms with Crippen LogP contribution in [0.2, 0.25) is 0 Å². The van der Waals surface area contributed by atoms with Gasteiger partial charge in [-0.15, -0.1) is 11.3 Å². The summed E-state index contributed by atoms with van der Waals surface area (Å²) in [5.74, 6) is -2.56. The zero-order chi connectivity index (χ0) is 21.3. The number of anilines is 2. The first-order valence-electron chi connectivity index (χ1n) is 9.10. The molecule has 4 rings (SSSR count). The van der Waals surface area contributed by atoms with Crippen molar-refractivity contribution >= 4 is 39.7 Å². The van der Waals surface area contributed by atoms with Crippen LogP contribution in [0.5, 0.6) is 0 Å². The van der Waals surface area contributed by atoms with E-state index in [4.69, 9.17) is 0 Å². The molecular weight excluding hydrogens is 410 g/mol. The Morgan fingerprint density at radius 2 is 1.97 bits per heavy atom. The largest absolute Gasteiger partial charge is 0.297 e. The van der Waals surface area contributed by atoms with Crippen LogP contribution in [-0.4, -0.2) is 22.5 Å². The van der Waals surface area contributed by atoms with Crippen molar-refractivity contribution < 1.29 is 18.4 Å². The van der Waals surface area contributed by atoms with Crippen LogP contribution in [0.15, 0.2) is 52.9 Å². The van der Waals surface area contributed by atoms with E-state index in [9.17, 15) is 18.4 Å². The first kappa shape index (κ1) is 19.8. The highest BCUT2D eigenvalue weighted by Crippen LogP contribution is 2.27. The van der Waals surface area contributed by atoms with Gasteiger partial charge in [-0.05, 0) is 42.8 Å². The van der Waals surface area contributed by atoms with E-state index in [0.29, 0.717) is 22.1 Å². The molecule has 0 unspecified atom stereocenters. The van der Waals surface area contributed by atoms with Crippen molar-refractivity contribution in [3.63, 3.8) is 0 Å². The minimum absolute atomic E-state index is 0.165. The number of benzene rings is 2. The normalized spacial score (nSPS) is 13.9. The molecule has 2 heterocycles. The predicted molar refractivity (Wildman–Crippen MR) is 111 cm³/mol. The van der Waals surface area contributed by atoms with E-state index >= 15 is 0 Å². The number of thiazole rings is 1. The van der Waals surface area contributed by atoms with Gasteiger partial charge in [0.1, 0.15) is 5.71 Å². The maximum absolute atomic E-state index is 13.4. The summed E-state index contributed by atoms with van der Waals surface area (Å²) in [5.41, 5.74) is 2.59. The number of aromatic nitrogens is 1. The molecular formula is C21H16F2N4O2S. The van der Waals surface area contributed by atoms with E-state index in [2.05, 4.69) is 15.4 Å². The molecule has 9 heteroatoms. The standard InChI is InChI=1S/C21H16F2N4O2S/c1-12-3-2-4-14(9-12)27-19(28)8-7-17(26-27)20(29)25-21-24-18(11-30-21)13-5-6-15(22)16(23)10-13/h2-6,9-11H,7-8H2,1H3,(H,24,25,29). The second kappa shape index (κ2) is 8.11. The molecule has 0 saturated carbocycles. The molecule has 6 nitrogen and oxygen atoms in total. The molecule has 30 heavy (non-hydrogen) atoms. The highest BCUT2D eigenvalue weighted by atomic mass is 32.1. The van der Waals surface area contributed by atoms with E-state index in [1.165, 1.54) is 11.1 Å². The summed E-state index contributed by atoms with van der Waals surface area (Å²) in [7, 11) is 0. The average molecular weight is 426 g/mol. The van der Waals surface area contributed by atoms with Crippen molar-refractivity contribution in [1.82, 2.24) is 4.98 Å². The van der Waals surface area contributed by atoms with E-state index in [1.807, 2.05) is 25.1 Å². The van der Waals surface area contributed by atoms with Crippen LogP contribution in [-0.2, 0) is 9.59 Å². The fraction of sp³-hybridized carbons (Fsp3) is 0.143. The minimum Gasteiger partial charge on any atom is -0.297 e. The van der Waals surface area contributed by atoms with Crippen LogP contribution in [0.3, 0.4) is 0 Å². The lowest BCUT2D eigenvalue weighted by molar-refractivity contribution is -0.118. The topological polar surface area (TPSA) is 74.7 Å². The number of carbonyl (C=O) groups excluding carboxylic acids is 2. The lowest BCUT2D eigenvalue weighted by Gasteiger charge is -2.23. The van der Waals surface area contributed by atoms with E-state index in [0.717, 1.165) is 29.0 Å². The molecule has 0 saturated heterocycles. The fourth-order valence-corrected chi connectivity index (χ4v) is 3.68. The van der Waals surface area contributed by atoms with Crippen molar-refractivity contribution in [3.05, 3.63) is 65.0 Å². The zero-order valence-corrected chi connectivity index (χ0v) is 16.7. The van der Waals surface area contributed by atoms with Gasteiger partial charge in [0, 0.05) is 23.8 Å². The third-order valence-electron chi connectivity index (χ3n) is 4.48. The number of carbonyl (C=O) groups is 2. The van der Waals surface area contributed by atoms with Gasteiger partial charge in [0.25, 0.3) is 5.91 Å². The SMILES string of the molecule is Cc1cccc(N2N=C(C(=O)Nc3nc(-c4ccc(F)c(F)c4)cs3)CCC2=O)c1. The van der Waals surface area contributed by atoms with Gasteiger partial charge in [0.2, 0.25) is 5.91 Å². The molecule has 1 N–H and O–H groups in total. The first-order chi connectivity index (χ1) is 14.4. The molecule has 1 aliphatic rings. The molecule has 1 aliphatic heterocycles. The number of nitrogens with zero attached hydrogens (tertiary/aromatic N) is 3. The zero-order valence-electron chi connectivity index (χ0n) is 15.9. The predicted octanol–water partition coefficient (Wildman–Crippen LogP) is 4.52. The van der Waals surface area contributed by atoms with Gasteiger partial charge in [-0.25, -0.2) is 18.8 Å². The molecule has 0 spiro atoms. The summed E-state index contributed by atoms with van der Waals surface area (Å²) in [6.45, 7) is 1.91. The van der Waals surface area contributed by atoms with Crippen LogP contribution in [0, 0.1) is 18.6 Å². The van der Waals surface area contributed by atoms with Crippen LogP contribution < -0.4 is 10.3 Å². The Labute approximate surface area is 174 Å². The summed E-state index contributed by atoms with van der Waals surface area (Å²) < 4.78 is 26.6. The van der Waals surface area contributed by atoms with Gasteiger partial charge >= 0.3 is 0 Å². The number of amides is 2. The van der Waals surface area contributed by atoms with Crippen LogP contribution in [0.1, 0.15) is 18.4 Å². The summed E-state index contributed by atoms with van der Waals surface area (Å²) >= 11 is 1.15. The Hall–Kier alpha value is -3.46. The van der Waals surface area contributed by atoms with Crippen LogP contribution >= 0.6 is 11.3 Å². The van der Waals surface area contributed by atoms with Gasteiger partial charge in [-0.1, -0.05) is 12.1 Å². The van der Waals surface area contributed by atoms with Crippen LogP contribution in [0.25, 0.3) is 11.3 Å². The van der Waals surface area contributed by atoms with Crippen molar-refractivity contribution in [2.75, 3.05) is 10.3 Å². The van der Waals surface area contributed by atoms with Crippen molar-refractivity contribution in [3.8, 4) is 11.3 Å². The molecule has 152 valence electrons. The molecule has 2 amide bonds. The Morgan fingerprint density at radius 1 is 1.13 bits per heavy atom. The molecule has 0 radical (unpaired) electrons. The number of halogens is 2. The lowest BCUT2D eigenvalue weighted by Crippen LogP contribution is -2.36. The fourth-order valence-electron chi connectivity index (χ4n) is 2.97. The number of nitrogens with one attached hydrogen (secondary N) is 1. The summed E-state index contributed by atoms with van der Waals surface area (Å²) in [4.78, 5) is 29.2. The first-order valence-corrected chi connectivity index (χ1v) is 9.98. The number of hydrogen-bond acceptors (Lipinski definition) is 5. The van der Waals surface area contributed by atoms with Crippen molar-refractivity contribution in [1.29, 1.82) is 0 Å². The van der Waals surface area contributed by atoms with E-state index in [-0.39, 0.29) is 24.5 Å². The number of hydrazone groups is 1. The van der Waals surface area contributed by atoms with E-state index in [1.54, 1.807) is 11.4 Å². The van der Waals surface area contributed by atoms with Gasteiger partial charge in [0.05, 0.1) is 11.4 Å². The minimum atomic E-state index is -0.969. The third kappa shape index (κ3) is 4.11. The highest BCUT2D eigenvalue weighted by molar-refractivity contribution is 7.14. The Balaban J connectivity index is 1.52. The maximum Gasteiger partial charge on any atom is 0.273 e. The van der Waals surface area contributed by atoms with Gasteiger partial charge < -0.3 is 0 Å². The molecule has 0 fully saturated rings. The Morgan fingerprint density at radius 3 is 2.73 bits per heavy atom. The number of aryl methyl sites for hydroxylation is 1. The van der Waals surface area contributed by atoms with Crippen LogP contribution in [0.4, 0.5) is 19.6 Å². The van der Waals surface area contributed by atoms with Gasteiger partial charge in [-0.2, -0.15) is 5.10 Å². The lowest BCUT2D eigenvalue weighted by atomic mass is 10.1. The second-order valence-corrected chi connectivity index (χ2v) is 7.57. The molecule has 3 aromatic rings. The second-order valence-electron chi connectivity index (χ2n) is 6.71. The average Bonchev–Trinajstić information content (AvgIpc) is 3.18. The maximum atomic E-state index is 13.4. The Bertz CT molecular complexity index is 1180. The Kier molecular flexibility index (Phi) is 5.37. The third-order valence-corrected chi connectivity index (χ3v) is 5.24. The summed E-state index contributed by atoms with van der Waals surface area (Å²) in [6, 6.07) is 10.8. The number of rotatable bonds is 4. The summed E-state index contributed by atoms with van der Waals surface area (Å²) in [6.07, 6.45) is 0.382. The number of hydrogen-bond donors (Lipinski definition) is 1.